The topological polar surface area (TPSA) is 73.7 Å². The lowest BCUT2D eigenvalue weighted by Gasteiger charge is -2.26. The quantitative estimate of drug-likeness (QED) is 0.573. The van der Waals surface area contributed by atoms with Crippen LogP contribution in [-0.4, -0.2) is 41.4 Å². The minimum absolute atomic E-state index is 0.193. The van der Waals surface area contributed by atoms with E-state index in [4.69, 9.17) is 9.47 Å². The van der Waals surface area contributed by atoms with Gasteiger partial charge in [0.15, 0.2) is 0 Å². The minimum atomic E-state index is -0.288. The Labute approximate surface area is 175 Å². The number of benzene rings is 2. The normalized spacial score (nSPS) is 11.6. The summed E-state index contributed by atoms with van der Waals surface area (Å²) in [4.78, 5) is 26.7. The number of rotatable bonds is 8. The standard InChI is InChI=1S/C23H25N3O4/c1-17(19-11-7-8-12-21(19)29-3)25(2)23(28)20-13-14-22(27)26(24-20)15-16-30-18-9-5-4-6-10-18/h4-14,17H,15-16H2,1-3H3. The zero-order chi connectivity index (χ0) is 21.5. The SMILES string of the molecule is COc1ccccc1C(C)N(C)C(=O)c1ccc(=O)n(CCOc2ccccc2)n1. The predicted molar refractivity (Wildman–Crippen MR) is 114 cm³/mol. The van der Waals surface area contributed by atoms with Crippen LogP contribution in [0.4, 0.5) is 0 Å². The molecule has 0 aliphatic rings. The number of carbonyl (C=O) groups is 1. The second kappa shape index (κ2) is 9.73. The first-order valence-corrected chi connectivity index (χ1v) is 9.67. The fourth-order valence-electron chi connectivity index (χ4n) is 3.07. The van der Waals surface area contributed by atoms with Gasteiger partial charge in [0, 0.05) is 18.7 Å². The van der Waals surface area contributed by atoms with Gasteiger partial charge in [0.2, 0.25) is 0 Å². The van der Waals surface area contributed by atoms with Gasteiger partial charge in [-0.2, -0.15) is 5.10 Å². The molecule has 156 valence electrons. The van der Waals surface area contributed by atoms with Gasteiger partial charge in [-0.1, -0.05) is 36.4 Å². The Morgan fingerprint density at radius 1 is 1.07 bits per heavy atom. The molecule has 1 heterocycles. The second-order valence-electron chi connectivity index (χ2n) is 6.78. The number of hydrogen-bond donors (Lipinski definition) is 0. The highest BCUT2D eigenvalue weighted by molar-refractivity contribution is 5.92. The Bertz CT molecular complexity index is 1050. The maximum Gasteiger partial charge on any atom is 0.274 e. The third-order valence-corrected chi connectivity index (χ3v) is 4.89. The summed E-state index contributed by atoms with van der Waals surface area (Å²) in [5.74, 6) is 1.13. The summed E-state index contributed by atoms with van der Waals surface area (Å²) in [6.07, 6.45) is 0. The molecule has 0 saturated carbocycles. The van der Waals surface area contributed by atoms with Crippen LogP contribution < -0.4 is 15.0 Å². The summed E-state index contributed by atoms with van der Waals surface area (Å²) < 4.78 is 12.3. The van der Waals surface area contributed by atoms with Gasteiger partial charge in [0.05, 0.1) is 19.7 Å². The molecule has 0 aliphatic carbocycles. The zero-order valence-corrected chi connectivity index (χ0v) is 17.3. The van der Waals surface area contributed by atoms with E-state index in [9.17, 15) is 9.59 Å². The molecule has 7 nitrogen and oxygen atoms in total. The minimum Gasteiger partial charge on any atom is -0.496 e. The van der Waals surface area contributed by atoms with E-state index in [1.54, 1.807) is 19.1 Å². The lowest BCUT2D eigenvalue weighted by Crippen LogP contribution is -2.33. The molecule has 0 radical (unpaired) electrons. The molecule has 3 aromatic rings. The molecule has 0 spiro atoms. The number of aromatic nitrogens is 2. The molecule has 0 N–H and O–H groups in total. The molecule has 1 aromatic heterocycles. The van der Waals surface area contributed by atoms with E-state index in [0.29, 0.717) is 11.5 Å². The molecule has 1 unspecified atom stereocenters. The van der Waals surface area contributed by atoms with Crippen LogP contribution in [0.25, 0.3) is 0 Å². The average molecular weight is 407 g/mol. The summed E-state index contributed by atoms with van der Waals surface area (Å²) in [6.45, 7) is 2.42. The van der Waals surface area contributed by atoms with Crippen LogP contribution in [0.3, 0.4) is 0 Å². The van der Waals surface area contributed by atoms with Crippen LogP contribution in [0.15, 0.2) is 71.5 Å². The van der Waals surface area contributed by atoms with Crippen molar-refractivity contribution in [3.05, 3.63) is 88.3 Å². The highest BCUT2D eigenvalue weighted by Crippen LogP contribution is 2.28. The molecule has 7 heteroatoms. The molecule has 0 bridgehead atoms. The van der Waals surface area contributed by atoms with E-state index in [2.05, 4.69) is 5.10 Å². The van der Waals surface area contributed by atoms with Crippen LogP contribution in [0.2, 0.25) is 0 Å². The number of methoxy groups -OCH3 is 1. The third-order valence-electron chi connectivity index (χ3n) is 4.89. The molecule has 1 amide bonds. The summed E-state index contributed by atoms with van der Waals surface area (Å²) in [6, 6.07) is 19.4. The van der Waals surface area contributed by atoms with Crippen molar-refractivity contribution in [3.8, 4) is 11.5 Å². The van der Waals surface area contributed by atoms with Crippen LogP contribution in [0, 0.1) is 0 Å². The van der Waals surface area contributed by atoms with Gasteiger partial charge in [-0.3, -0.25) is 9.59 Å². The van der Waals surface area contributed by atoms with Gasteiger partial charge >= 0.3 is 0 Å². The molecular weight excluding hydrogens is 382 g/mol. The highest BCUT2D eigenvalue weighted by atomic mass is 16.5. The van der Waals surface area contributed by atoms with Gasteiger partial charge < -0.3 is 14.4 Å². The maximum atomic E-state index is 13.0. The van der Waals surface area contributed by atoms with E-state index in [-0.39, 0.29) is 36.4 Å². The summed E-state index contributed by atoms with van der Waals surface area (Å²) in [7, 11) is 3.30. The maximum absolute atomic E-state index is 13.0. The van der Waals surface area contributed by atoms with E-state index < -0.39 is 0 Å². The lowest BCUT2D eigenvalue weighted by molar-refractivity contribution is 0.0731. The van der Waals surface area contributed by atoms with Crippen molar-refractivity contribution in [3.63, 3.8) is 0 Å². The van der Waals surface area contributed by atoms with Crippen molar-refractivity contribution in [2.45, 2.75) is 19.5 Å². The molecular formula is C23H25N3O4. The largest absolute Gasteiger partial charge is 0.496 e. The summed E-state index contributed by atoms with van der Waals surface area (Å²) in [5, 5.41) is 4.24. The molecule has 2 aromatic carbocycles. The van der Waals surface area contributed by atoms with E-state index >= 15 is 0 Å². The fourth-order valence-corrected chi connectivity index (χ4v) is 3.07. The zero-order valence-electron chi connectivity index (χ0n) is 17.3. The van der Waals surface area contributed by atoms with Gasteiger partial charge in [-0.25, -0.2) is 4.68 Å². The van der Waals surface area contributed by atoms with Crippen LogP contribution >= 0.6 is 0 Å². The van der Waals surface area contributed by atoms with E-state index in [1.165, 1.54) is 16.8 Å². The van der Waals surface area contributed by atoms with Gasteiger partial charge in [-0.15, -0.1) is 0 Å². The van der Waals surface area contributed by atoms with E-state index in [0.717, 1.165) is 5.56 Å². The summed E-state index contributed by atoms with van der Waals surface area (Å²) in [5.41, 5.74) is 0.794. The van der Waals surface area contributed by atoms with Gasteiger partial charge in [-0.05, 0) is 31.2 Å². The van der Waals surface area contributed by atoms with Gasteiger partial charge in [0.25, 0.3) is 11.5 Å². The van der Waals surface area contributed by atoms with E-state index in [1.807, 2.05) is 61.5 Å². The monoisotopic (exact) mass is 407 g/mol. The predicted octanol–water partition coefficient (Wildman–Crippen LogP) is 3.16. The Hall–Kier alpha value is -3.61. The molecule has 0 saturated heterocycles. The van der Waals surface area contributed by atoms with Crippen molar-refractivity contribution >= 4 is 5.91 Å². The Morgan fingerprint density at radius 2 is 1.77 bits per heavy atom. The number of ether oxygens (including phenoxy) is 2. The summed E-state index contributed by atoms with van der Waals surface area (Å²) >= 11 is 0. The van der Waals surface area contributed by atoms with Crippen molar-refractivity contribution in [1.82, 2.24) is 14.7 Å². The lowest BCUT2D eigenvalue weighted by atomic mass is 10.1. The van der Waals surface area contributed by atoms with Crippen molar-refractivity contribution in [2.75, 3.05) is 20.8 Å². The van der Waals surface area contributed by atoms with Crippen LogP contribution in [0.1, 0.15) is 29.0 Å². The number of nitrogens with zero attached hydrogens (tertiary/aromatic N) is 3. The number of hydrogen-bond acceptors (Lipinski definition) is 5. The number of carbonyl (C=O) groups excluding carboxylic acids is 1. The average Bonchev–Trinajstić information content (AvgIpc) is 2.79. The van der Waals surface area contributed by atoms with Crippen LogP contribution in [-0.2, 0) is 6.54 Å². The molecule has 1 atom stereocenters. The Balaban J connectivity index is 1.72. The first kappa shape index (κ1) is 21.1. The van der Waals surface area contributed by atoms with Gasteiger partial charge in [0.1, 0.15) is 23.8 Å². The second-order valence-corrected chi connectivity index (χ2v) is 6.78. The van der Waals surface area contributed by atoms with Crippen molar-refractivity contribution in [2.24, 2.45) is 0 Å². The Kier molecular flexibility index (Phi) is 6.85. The molecule has 0 fully saturated rings. The fraction of sp³-hybridized carbons (Fsp3) is 0.261. The number of amides is 1. The first-order valence-electron chi connectivity index (χ1n) is 9.67. The Morgan fingerprint density at radius 3 is 2.50 bits per heavy atom. The highest BCUT2D eigenvalue weighted by Gasteiger charge is 2.23. The third kappa shape index (κ3) is 4.86. The molecule has 0 aliphatic heterocycles. The van der Waals surface area contributed by atoms with Crippen molar-refractivity contribution in [1.29, 1.82) is 0 Å². The molecule has 30 heavy (non-hydrogen) atoms. The first-order chi connectivity index (χ1) is 14.5. The number of para-hydroxylation sites is 2. The molecule has 3 rings (SSSR count). The van der Waals surface area contributed by atoms with Crippen LogP contribution in [0.5, 0.6) is 11.5 Å². The van der Waals surface area contributed by atoms with Crippen molar-refractivity contribution < 1.29 is 14.3 Å². The smallest absolute Gasteiger partial charge is 0.274 e.